The van der Waals surface area contributed by atoms with Gasteiger partial charge in [-0.3, -0.25) is 14.4 Å². The first-order valence-corrected chi connectivity index (χ1v) is 9.69. The lowest BCUT2D eigenvalue weighted by molar-refractivity contribution is 0.0657. The number of carbonyl (C=O) groups excluding carboxylic acids is 1. The fourth-order valence-corrected chi connectivity index (χ4v) is 3.78. The number of rotatable bonds is 5. The molecule has 1 atom stereocenters. The van der Waals surface area contributed by atoms with Crippen molar-refractivity contribution in [3.63, 3.8) is 0 Å². The van der Waals surface area contributed by atoms with Crippen LogP contribution in [0.4, 0.5) is 8.78 Å². The van der Waals surface area contributed by atoms with Crippen molar-refractivity contribution < 1.29 is 13.6 Å². The van der Waals surface area contributed by atoms with Gasteiger partial charge in [0, 0.05) is 43.5 Å². The number of nitrogens with one attached hydrogen (secondary N) is 1. The molecule has 1 aliphatic heterocycles. The Balaban J connectivity index is 1.76. The van der Waals surface area contributed by atoms with E-state index in [-0.39, 0.29) is 28.3 Å². The Bertz CT molecular complexity index is 862. The quantitative estimate of drug-likeness (QED) is 0.849. The minimum absolute atomic E-state index is 0.108. The molecule has 1 saturated heterocycles. The summed E-state index contributed by atoms with van der Waals surface area (Å²) in [5, 5.41) is 7.19. The average Bonchev–Trinajstić information content (AvgIpc) is 3.01. The number of halogens is 2. The van der Waals surface area contributed by atoms with Gasteiger partial charge in [0.2, 0.25) is 0 Å². The number of amides is 1. The van der Waals surface area contributed by atoms with Gasteiger partial charge in [0.1, 0.15) is 17.3 Å². The van der Waals surface area contributed by atoms with Gasteiger partial charge in [-0.25, -0.2) is 8.78 Å². The van der Waals surface area contributed by atoms with E-state index in [1.54, 1.807) is 13.2 Å². The zero-order chi connectivity index (χ0) is 20.5. The second-order valence-corrected chi connectivity index (χ2v) is 8.38. The molecule has 1 N–H and O–H groups in total. The summed E-state index contributed by atoms with van der Waals surface area (Å²) in [4.78, 5) is 15.3. The first-order valence-electron chi connectivity index (χ1n) is 9.69. The van der Waals surface area contributed by atoms with Gasteiger partial charge >= 0.3 is 0 Å². The van der Waals surface area contributed by atoms with Crippen LogP contribution < -0.4 is 5.32 Å². The Morgan fingerprint density at radius 2 is 2.11 bits per heavy atom. The summed E-state index contributed by atoms with van der Waals surface area (Å²) in [7, 11) is 1.67. The SMILES string of the molecule is CC1CCCN(C(C)(C)CNC(=O)c2cn(C)nc2-c2ccc(F)cc2F)C1. The first kappa shape index (κ1) is 20.5. The number of likely N-dealkylation sites (tertiary alicyclic amines) is 1. The zero-order valence-electron chi connectivity index (χ0n) is 16.9. The molecule has 5 nitrogen and oxygen atoms in total. The molecule has 1 unspecified atom stereocenters. The highest BCUT2D eigenvalue weighted by atomic mass is 19.1. The molecule has 0 bridgehead atoms. The minimum atomic E-state index is -0.740. The second-order valence-electron chi connectivity index (χ2n) is 8.38. The van der Waals surface area contributed by atoms with Gasteiger partial charge in [-0.15, -0.1) is 0 Å². The highest BCUT2D eigenvalue weighted by molar-refractivity contribution is 5.99. The highest BCUT2D eigenvalue weighted by Gasteiger charge is 2.31. The predicted molar refractivity (Wildman–Crippen MR) is 105 cm³/mol. The van der Waals surface area contributed by atoms with Crippen molar-refractivity contribution in [2.24, 2.45) is 13.0 Å². The third-order valence-electron chi connectivity index (χ3n) is 5.45. The fourth-order valence-electron chi connectivity index (χ4n) is 3.78. The number of aryl methyl sites for hydroxylation is 1. The lowest BCUT2D eigenvalue weighted by Gasteiger charge is -2.43. The van der Waals surface area contributed by atoms with E-state index in [0.29, 0.717) is 12.5 Å². The molecule has 1 aliphatic rings. The van der Waals surface area contributed by atoms with Crippen LogP contribution >= 0.6 is 0 Å². The number of hydrogen-bond donors (Lipinski definition) is 1. The largest absolute Gasteiger partial charge is 0.350 e. The number of aromatic nitrogens is 2. The summed E-state index contributed by atoms with van der Waals surface area (Å²) in [5.41, 5.74) is 0.405. The van der Waals surface area contributed by atoms with Crippen LogP contribution in [-0.2, 0) is 7.05 Å². The van der Waals surface area contributed by atoms with Gasteiger partial charge in [-0.1, -0.05) is 6.92 Å². The van der Waals surface area contributed by atoms with Crippen LogP contribution in [0.15, 0.2) is 24.4 Å². The Kier molecular flexibility index (Phi) is 5.84. The number of piperidine rings is 1. The molecule has 7 heteroatoms. The molecule has 1 aromatic heterocycles. The molecule has 2 heterocycles. The summed E-state index contributed by atoms with van der Waals surface area (Å²) in [6.45, 7) is 9.00. The molecule has 1 amide bonds. The van der Waals surface area contributed by atoms with Crippen molar-refractivity contribution in [2.45, 2.75) is 39.2 Å². The summed E-state index contributed by atoms with van der Waals surface area (Å²) < 4.78 is 28.9. The molecule has 3 rings (SSSR count). The van der Waals surface area contributed by atoms with E-state index in [4.69, 9.17) is 0 Å². The van der Waals surface area contributed by atoms with E-state index >= 15 is 0 Å². The lowest BCUT2D eigenvalue weighted by atomic mass is 9.93. The predicted octanol–water partition coefficient (Wildman–Crippen LogP) is 3.61. The summed E-state index contributed by atoms with van der Waals surface area (Å²) in [6.07, 6.45) is 3.96. The smallest absolute Gasteiger partial charge is 0.255 e. The van der Waals surface area contributed by atoms with E-state index in [0.717, 1.165) is 31.6 Å². The number of hydrogen-bond acceptors (Lipinski definition) is 3. The van der Waals surface area contributed by atoms with Crippen molar-refractivity contribution in [3.05, 3.63) is 41.6 Å². The Labute approximate surface area is 164 Å². The third-order valence-corrected chi connectivity index (χ3v) is 5.45. The normalized spacial score (nSPS) is 18.3. The van der Waals surface area contributed by atoms with Crippen molar-refractivity contribution in [1.29, 1.82) is 0 Å². The lowest BCUT2D eigenvalue weighted by Crippen LogP contribution is -2.54. The van der Waals surface area contributed by atoms with Gasteiger partial charge in [0.25, 0.3) is 5.91 Å². The van der Waals surface area contributed by atoms with E-state index in [9.17, 15) is 13.6 Å². The van der Waals surface area contributed by atoms with Gasteiger partial charge in [0.05, 0.1) is 5.56 Å². The molecule has 0 aliphatic carbocycles. The molecule has 0 saturated carbocycles. The van der Waals surface area contributed by atoms with Crippen LogP contribution in [0.5, 0.6) is 0 Å². The van der Waals surface area contributed by atoms with Crippen LogP contribution in [0.25, 0.3) is 11.3 Å². The maximum Gasteiger partial charge on any atom is 0.255 e. The van der Waals surface area contributed by atoms with Crippen molar-refractivity contribution in [1.82, 2.24) is 20.0 Å². The number of carbonyl (C=O) groups is 1. The van der Waals surface area contributed by atoms with Crippen molar-refractivity contribution >= 4 is 5.91 Å². The molecule has 0 radical (unpaired) electrons. The van der Waals surface area contributed by atoms with Gasteiger partial charge in [-0.2, -0.15) is 5.10 Å². The molecular weight excluding hydrogens is 362 g/mol. The van der Waals surface area contributed by atoms with Crippen molar-refractivity contribution in [2.75, 3.05) is 19.6 Å². The Hall–Kier alpha value is -2.28. The van der Waals surface area contributed by atoms with E-state index < -0.39 is 11.6 Å². The number of nitrogens with zero attached hydrogens (tertiary/aromatic N) is 3. The maximum absolute atomic E-state index is 14.2. The van der Waals surface area contributed by atoms with Crippen LogP contribution in [0.2, 0.25) is 0 Å². The maximum atomic E-state index is 14.2. The fraction of sp³-hybridized carbons (Fsp3) is 0.524. The Morgan fingerprint density at radius 3 is 2.79 bits per heavy atom. The van der Waals surface area contributed by atoms with E-state index in [1.165, 1.54) is 17.2 Å². The van der Waals surface area contributed by atoms with Crippen LogP contribution in [0, 0.1) is 17.6 Å². The summed E-state index contributed by atoms with van der Waals surface area (Å²) in [6, 6.07) is 3.27. The topological polar surface area (TPSA) is 50.2 Å². The molecule has 1 aromatic carbocycles. The average molecular weight is 390 g/mol. The number of benzene rings is 1. The van der Waals surface area contributed by atoms with Gasteiger partial charge in [0.15, 0.2) is 0 Å². The molecule has 2 aromatic rings. The molecule has 1 fully saturated rings. The monoisotopic (exact) mass is 390 g/mol. The van der Waals surface area contributed by atoms with Crippen molar-refractivity contribution in [3.8, 4) is 11.3 Å². The van der Waals surface area contributed by atoms with Crippen LogP contribution in [-0.4, -0.2) is 45.8 Å². The van der Waals surface area contributed by atoms with Crippen LogP contribution in [0.3, 0.4) is 0 Å². The summed E-state index contributed by atoms with van der Waals surface area (Å²) >= 11 is 0. The molecular formula is C21H28F2N4O. The zero-order valence-corrected chi connectivity index (χ0v) is 16.9. The highest BCUT2D eigenvalue weighted by Crippen LogP contribution is 2.26. The Morgan fingerprint density at radius 1 is 1.36 bits per heavy atom. The van der Waals surface area contributed by atoms with Gasteiger partial charge in [-0.05, 0) is 51.3 Å². The second kappa shape index (κ2) is 7.99. The molecule has 152 valence electrons. The molecule has 0 spiro atoms. The van der Waals surface area contributed by atoms with Crippen LogP contribution in [0.1, 0.15) is 44.0 Å². The van der Waals surface area contributed by atoms with E-state index in [1.807, 2.05) is 0 Å². The first-order chi connectivity index (χ1) is 13.2. The minimum Gasteiger partial charge on any atom is -0.350 e. The molecule has 28 heavy (non-hydrogen) atoms. The standard InChI is InChI=1S/C21H28F2N4O/c1-14-6-5-9-27(11-14)21(2,3)13-24-20(28)17-12-26(4)25-19(17)16-8-7-15(22)10-18(16)23/h7-8,10,12,14H,5-6,9,11,13H2,1-4H3,(H,24,28). The third kappa shape index (κ3) is 4.41. The summed E-state index contributed by atoms with van der Waals surface area (Å²) in [5.74, 6) is -1.07. The van der Waals surface area contributed by atoms with E-state index in [2.05, 4.69) is 36.1 Å². The van der Waals surface area contributed by atoms with Gasteiger partial charge < -0.3 is 5.32 Å².